The van der Waals surface area contributed by atoms with Crippen molar-refractivity contribution < 1.29 is 4.79 Å². The smallest absolute Gasteiger partial charge is 0.263 e. The van der Waals surface area contributed by atoms with Crippen LogP contribution in [0.15, 0.2) is 59.7 Å². The minimum atomic E-state index is -0.781. The summed E-state index contributed by atoms with van der Waals surface area (Å²) in [5, 5.41) is 4.10. The fourth-order valence-corrected chi connectivity index (χ4v) is 4.87. The van der Waals surface area contributed by atoms with E-state index < -0.39 is 6.04 Å². The van der Waals surface area contributed by atoms with Crippen molar-refractivity contribution in [2.75, 3.05) is 5.32 Å². The molecule has 0 bridgehead atoms. The summed E-state index contributed by atoms with van der Waals surface area (Å²) < 4.78 is 1.35. The first-order valence-electron chi connectivity index (χ1n) is 9.18. The molecule has 2 aromatic heterocycles. The minimum Gasteiger partial charge on any atom is -0.324 e. The Morgan fingerprint density at radius 1 is 1.13 bits per heavy atom. The lowest BCUT2D eigenvalue weighted by atomic mass is 10.0. The fraction of sp³-hybridized carbons (Fsp3) is 0.136. The summed E-state index contributed by atoms with van der Waals surface area (Å²) in [6, 6.07) is 13.7. The number of hydrogen-bond acceptors (Lipinski definition) is 4. The van der Waals surface area contributed by atoms with Crippen LogP contribution in [0.3, 0.4) is 0 Å². The lowest BCUT2D eigenvalue weighted by molar-refractivity contribution is -0.118. The zero-order chi connectivity index (χ0) is 21.4. The second kappa shape index (κ2) is 8.22. The van der Waals surface area contributed by atoms with E-state index in [1.54, 1.807) is 25.1 Å². The quantitative estimate of drug-likeness (QED) is 0.412. The van der Waals surface area contributed by atoms with Crippen molar-refractivity contribution in [2.45, 2.75) is 19.9 Å². The molecule has 30 heavy (non-hydrogen) atoms. The van der Waals surface area contributed by atoms with E-state index in [0.29, 0.717) is 25.9 Å². The normalized spacial score (nSPS) is 12.1. The zero-order valence-electron chi connectivity index (χ0n) is 16.1. The first-order chi connectivity index (χ1) is 14.3. The fourth-order valence-electron chi connectivity index (χ4n) is 3.34. The highest BCUT2D eigenvalue weighted by Gasteiger charge is 2.22. The van der Waals surface area contributed by atoms with Crippen molar-refractivity contribution in [2.24, 2.45) is 0 Å². The maximum atomic E-state index is 13.3. The highest BCUT2D eigenvalue weighted by atomic mass is 35.5. The van der Waals surface area contributed by atoms with Crippen molar-refractivity contribution in [1.82, 2.24) is 9.55 Å². The lowest BCUT2D eigenvalue weighted by Gasteiger charge is -2.15. The third kappa shape index (κ3) is 3.86. The molecule has 0 saturated heterocycles. The Bertz CT molecular complexity index is 1300. The molecule has 2 heterocycles. The van der Waals surface area contributed by atoms with Gasteiger partial charge in [0.2, 0.25) is 5.91 Å². The Hall–Kier alpha value is -2.67. The van der Waals surface area contributed by atoms with Crippen LogP contribution in [0, 0.1) is 6.92 Å². The number of thiophene rings is 1. The molecular weight excluding hydrogens is 441 g/mol. The number of nitrogens with one attached hydrogen (secondary N) is 1. The average Bonchev–Trinajstić information content (AvgIpc) is 3.04. The molecule has 4 aromatic rings. The number of fused-ring (bicyclic) bond motifs is 1. The van der Waals surface area contributed by atoms with Gasteiger partial charge in [-0.2, -0.15) is 0 Å². The summed E-state index contributed by atoms with van der Waals surface area (Å²) in [4.78, 5) is 32.3. The first kappa shape index (κ1) is 20.6. The van der Waals surface area contributed by atoms with Gasteiger partial charge in [0.1, 0.15) is 10.9 Å². The van der Waals surface area contributed by atoms with Crippen LogP contribution < -0.4 is 10.9 Å². The Kier molecular flexibility index (Phi) is 5.64. The van der Waals surface area contributed by atoms with Crippen molar-refractivity contribution in [3.8, 4) is 11.1 Å². The molecule has 1 unspecified atom stereocenters. The Morgan fingerprint density at radius 3 is 2.47 bits per heavy atom. The maximum absolute atomic E-state index is 13.3. The number of nitrogens with zero attached hydrogens (tertiary/aromatic N) is 2. The van der Waals surface area contributed by atoms with E-state index in [1.165, 1.54) is 22.2 Å². The number of aromatic nitrogens is 2. The average molecular weight is 458 g/mol. The van der Waals surface area contributed by atoms with E-state index >= 15 is 0 Å². The predicted molar refractivity (Wildman–Crippen MR) is 124 cm³/mol. The Morgan fingerprint density at radius 2 is 1.80 bits per heavy atom. The van der Waals surface area contributed by atoms with Crippen molar-refractivity contribution in [1.29, 1.82) is 0 Å². The van der Waals surface area contributed by atoms with Crippen LogP contribution in [0.1, 0.15) is 17.8 Å². The Balaban J connectivity index is 1.75. The van der Waals surface area contributed by atoms with Gasteiger partial charge in [-0.3, -0.25) is 14.2 Å². The number of rotatable bonds is 4. The Labute approximate surface area is 186 Å². The molecule has 4 rings (SSSR count). The van der Waals surface area contributed by atoms with Crippen molar-refractivity contribution in [3.05, 3.63) is 80.1 Å². The van der Waals surface area contributed by atoms with Gasteiger partial charge in [0.25, 0.3) is 5.56 Å². The van der Waals surface area contributed by atoms with Crippen LogP contribution in [0.5, 0.6) is 0 Å². The number of benzene rings is 2. The zero-order valence-corrected chi connectivity index (χ0v) is 18.5. The van der Waals surface area contributed by atoms with Gasteiger partial charge >= 0.3 is 0 Å². The van der Waals surface area contributed by atoms with Crippen LogP contribution in [-0.2, 0) is 4.79 Å². The van der Waals surface area contributed by atoms with E-state index in [-0.39, 0.29) is 11.5 Å². The molecule has 0 spiro atoms. The largest absolute Gasteiger partial charge is 0.324 e. The van der Waals surface area contributed by atoms with E-state index in [9.17, 15) is 9.59 Å². The molecule has 1 N–H and O–H groups in total. The van der Waals surface area contributed by atoms with Crippen molar-refractivity contribution >= 4 is 56.3 Å². The van der Waals surface area contributed by atoms with Gasteiger partial charge in [-0.1, -0.05) is 53.5 Å². The molecule has 152 valence electrons. The van der Waals surface area contributed by atoms with E-state index in [4.69, 9.17) is 23.2 Å². The summed E-state index contributed by atoms with van der Waals surface area (Å²) in [5.74, 6) is -0.371. The molecule has 0 radical (unpaired) electrons. The monoisotopic (exact) mass is 457 g/mol. The number of carbonyl (C=O) groups excluding carboxylic acids is 1. The summed E-state index contributed by atoms with van der Waals surface area (Å²) >= 11 is 13.5. The topological polar surface area (TPSA) is 64.0 Å². The summed E-state index contributed by atoms with van der Waals surface area (Å²) in [6.07, 6.45) is 1.42. The molecule has 0 fully saturated rings. The minimum absolute atomic E-state index is 0.255. The summed E-state index contributed by atoms with van der Waals surface area (Å²) in [7, 11) is 0. The van der Waals surface area contributed by atoms with Gasteiger partial charge in [-0.05, 0) is 37.6 Å². The van der Waals surface area contributed by atoms with Crippen LogP contribution in [0.25, 0.3) is 21.3 Å². The van der Waals surface area contributed by atoms with Gasteiger partial charge in [-0.25, -0.2) is 4.98 Å². The molecule has 0 aliphatic carbocycles. The van der Waals surface area contributed by atoms with Gasteiger partial charge in [0, 0.05) is 26.2 Å². The van der Waals surface area contributed by atoms with Gasteiger partial charge in [0.05, 0.1) is 11.7 Å². The molecule has 0 saturated carbocycles. The number of hydrogen-bond donors (Lipinski definition) is 1. The van der Waals surface area contributed by atoms with Gasteiger partial charge in [0.15, 0.2) is 0 Å². The molecule has 2 aromatic carbocycles. The van der Waals surface area contributed by atoms with E-state index in [2.05, 4.69) is 10.3 Å². The summed E-state index contributed by atoms with van der Waals surface area (Å²) in [6.45, 7) is 3.62. The third-order valence-corrected chi connectivity index (χ3v) is 6.25. The highest BCUT2D eigenvalue weighted by Crippen LogP contribution is 2.35. The van der Waals surface area contributed by atoms with Gasteiger partial charge in [-0.15, -0.1) is 11.3 Å². The third-order valence-electron chi connectivity index (χ3n) is 4.80. The second-order valence-electron chi connectivity index (χ2n) is 6.86. The first-order valence-corrected chi connectivity index (χ1v) is 10.7. The maximum Gasteiger partial charge on any atom is 0.263 e. The predicted octanol–water partition coefficient (Wildman–Crippen LogP) is 5.94. The molecular formula is C22H17Cl2N3O2S. The molecule has 5 nitrogen and oxygen atoms in total. The number of carbonyl (C=O) groups is 1. The van der Waals surface area contributed by atoms with E-state index in [1.807, 2.05) is 37.3 Å². The van der Waals surface area contributed by atoms with Crippen LogP contribution in [0.2, 0.25) is 10.0 Å². The molecule has 0 aliphatic heterocycles. The van der Waals surface area contributed by atoms with Crippen LogP contribution in [-0.4, -0.2) is 15.5 Å². The van der Waals surface area contributed by atoms with E-state index in [0.717, 1.165) is 16.0 Å². The molecule has 1 amide bonds. The molecule has 1 atom stereocenters. The number of aryl methyl sites for hydroxylation is 1. The van der Waals surface area contributed by atoms with Crippen molar-refractivity contribution in [3.63, 3.8) is 0 Å². The standard InChI is InChI=1S/C22H17Cl2N3O2S/c1-12(20(28)26-17-9-15(23)8-16(24)10-17)27-11-25-21-19(22(27)29)18(13(2)30-21)14-6-4-3-5-7-14/h3-12H,1-2H3,(H,26,28). The molecule has 0 aliphatic rings. The molecule has 8 heteroatoms. The van der Waals surface area contributed by atoms with Crippen LogP contribution >= 0.6 is 34.5 Å². The SMILES string of the molecule is Cc1sc2ncn(C(C)C(=O)Nc3cc(Cl)cc(Cl)c3)c(=O)c2c1-c1ccccc1. The second-order valence-corrected chi connectivity index (χ2v) is 8.94. The lowest BCUT2D eigenvalue weighted by Crippen LogP contribution is -2.31. The number of anilines is 1. The van der Waals surface area contributed by atoms with Gasteiger partial charge < -0.3 is 5.32 Å². The number of amides is 1. The summed E-state index contributed by atoms with van der Waals surface area (Å²) in [5.41, 5.74) is 2.01. The highest BCUT2D eigenvalue weighted by molar-refractivity contribution is 7.19. The number of halogens is 2. The van der Waals surface area contributed by atoms with Crippen LogP contribution in [0.4, 0.5) is 5.69 Å².